The van der Waals surface area contributed by atoms with E-state index in [4.69, 9.17) is 32.5 Å². The van der Waals surface area contributed by atoms with Crippen molar-refractivity contribution in [2.45, 2.75) is 0 Å². The van der Waals surface area contributed by atoms with Gasteiger partial charge < -0.3 is 20.9 Å². The van der Waals surface area contributed by atoms with Gasteiger partial charge in [-0.2, -0.15) is 4.99 Å². The lowest BCUT2D eigenvalue weighted by Gasteiger charge is -2.02. The van der Waals surface area contributed by atoms with E-state index in [1.54, 1.807) is 6.07 Å². The Balaban J connectivity index is 1.92. The third-order valence-corrected chi connectivity index (χ3v) is 3.16. The molecule has 0 unspecified atom stereocenters. The first-order valence-corrected chi connectivity index (χ1v) is 6.82. The molecule has 7 heteroatoms. The minimum absolute atomic E-state index is 0.0625. The monoisotopic (exact) mass is 316 g/mol. The molecule has 1 aromatic carbocycles. The number of pyridine rings is 1. The number of fused-ring (bicyclic) bond motifs is 1. The Labute approximate surface area is 132 Å². The van der Waals surface area contributed by atoms with Crippen LogP contribution in [-0.2, 0) is 0 Å². The van der Waals surface area contributed by atoms with E-state index >= 15 is 0 Å². The van der Waals surface area contributed by atoms with E-state index in [9.17, 15) is 0 Å². The number of guanidine groups is 1. The standard InChI is InChI=1S/C15H13ClN4O2/c16-11-6-10(14(19-7-11)20-15(17)18)3-1-9-2-4-12-13(5-9)22-8-21-12/h1-7H,8H2,(H4,17,18,19,20)/b3-1+. The molecule has 6 nitrogen and oxygen atoms in total. The van der Waals surface area contributed by atoms with E-state index in [0.717, 1.165) is 17.1 Å². The number of nitrogens with two attached hydrogens (primary N) is 2. The van der Waals surface area contributed by atoms with Crippen LogP contribution in [0.15, 0.2) is 35.5 Å². The molecule has 0 saturated carbocycles. The Morgan fingerprint density at radius 2 is 2.00 bits per heavy atom. The SMILES string of the molecule is NC(N)=Nc1ncc(Cl)cc1/C=C/c1ccc2c(c1)OCO2. The highest BCUT2D eigenvalue weighted by molar-refractivity contribution is 6.30. The van der Waals surface area contributed by atoms with Crippen LogP contribution in [0.25, 0.3) is 12.2 Å². The van der Waals surface area contributed by atoms with Crippen LogP contribution in [0.2, 0.25) is 5.02 Å². The second-order valence-electron chi connectivity index (χ2n) is 4.55. The number of halogens is 1. The molecule has 0 fully saturated rings. The summed E-state index contributed by atoms with van der Waals surface area (Å²) in [7, 11) is 0. The third kappa shape index (κ3) is 3.12. The number of hydrogen-bond donors (Lipinski definition) is 2. The quantitative estimate of drug-likeness (QED) is 0.670. The summed E-state index contributed by atoms with van der Waals surface area (Å²) in [6.45, 7) is 0.245. The molecule has 22 heavy (non-hydrogen) atoms. The Kier molecular flexibility index (Phi) is 3.84. The first-order valence-electron chi connectivity index (χ1n) is 6.45. The van der Waals surface area contributed by atoms with Crippen molar-refractivity contribution >= 4 is 35.5 Å². The summed E-state index contributed by atoms with van der Waals surface area (Å²) in [4.78, 5) is 8.09. The van der Waals surface area contributed by atoms with Crippen LogP contribution in [0.3, 0.4) is 0 Å². The molecule has 3 rings (SSSR count). The number of rotatable bonds is 3. The largest absolute Gasteiger partial charge is 0.454 e. The number of nitrogens with zero attached hydrogens (tertiary/aromatic N) is 2. The summed E-state index contributed by atoms with van der Waals surface area (Å²) in [6.07, 6.45) is 5.21. The third-order valence-electron chi connectivity index (χ3n) is 2.95. The molecule has 0 aliphatic carbocycles. The molecular formula is C15H13ClN4O2. The average Bonchev–Trinajstić information content (AvgIpc) is 2.94. The molecular weight excluding hydrogens is 304 g/mol. The van der Waals surface area contributed by atoms with Crippen molar-refractivity contribution < 1.29 is 9.47 Å². The van der Waals surface area contributed by atoms with Crippen LogP contribution in [0.5, 0.6) is 11.5 Å². The van der Waals surface area contributed by atoms with Gasteiger partial charge in [0.1, 0.15) is 0 Å². The van der Waals surface area contributed by atoms with Crippen LogP contribution in [0.4, 0.5) is 5.82 Å². The van der Waals surface area contributed by atoms with Crippen LogP contribution < -0.4 is 20.9 Å². The highest BCUT2D eigenvalue weighted by Crippen LogP contribution is 2.33. The molecule has 0 bridgehead atoms. The first-order chi connectivity index (χ1) is 10.6. The minimum atomic E-state index is -0.0625. The summed E-state index contributed by atoms with van der Waals surface area (Å²) >= 11 is 5.97. The van der Waals surface area contributed by atoms with Gasteiger partial charge in [-0.3, -0.25) is 0 Å². The van der Waals surface area contributed by atoms with Gasteiger partial charge in [0.05, 0.1) is 5.02 Å². The van der Waals surface area contributed by atoms with Crippen molar-refractivity contribution in [3.8, 4) is 11.5 Å². The van der Waals surface area contributed by atoms with Gasteiger partial charge in [0.25, 0.3) is 0 Å². The molecule has 2 heterocycles. The number of aromatic nitrogens is 1. The first kappa shape index (κ1) is 14.2. The highest BCUT2D eigenvalue weighted by atomic mass is 35.5. The maximum Gasteiger partial charge on any atom is 0.231 e. The van der Waals surface area contributed by atoms with E-state index in [-0.39, 0.29) is 12.8 Å². The minimum Gasteiger partial charge on any atom is -0.454 e. The number of aliphatic imine (C=N–C) groups is 1. The summed E-state index contributed by atoms with van der Waals surface area (Å²) < 4.78 is 10.6. The van der Waals surface area contributed by atoms with E-state index in [1.807, 2.05) is 30.4 Å². The van der Waals surface area contributed by atoms with Gasteiger partial charge in [-0.05, 0) is 23.8 Å². The van der Waals surface area contributed by atoms with Gasteiger partial charge in [0.15, 0.2) is 23.3 Å². The maximum atomic E-state index is 5.97. The second kappa shape index (κ2) is 5.95. The molecule has 0 atom stereocenters. The van der Waals surface area contributed by atoms with Crippen LogP contribution in [-0.4, -0.2) is 17.7 Å². The molecule has 0 radical (unpaired) electrons. The lowest BCUT2D eigenvalue weighted by atomic mass is 10.1. The van der Waals surface area contributed by atoms with E-state index in [1.165, 1.54) is 6.20 Å². The summed E-state index contributed by atoms with van der Waals surface area (Å²) in [5.41, 5.74) is 12.5. The Bertz CT molecular complexity index is 770. The van der Waals surface area contributed by atoms with E-state index < -0.39 is 0 Å². The van der Waals surface area contributed by atoms with E-state index in [2.05, 4.69) is 9.98 Å². The molecule has 1 aliphatic rings. The average molecular weight is 317 g/mol. The number of hydrogen-bond acceptors (Lipinski definition) is 4. The summed E-state index contributed by atoms with van der Waals surface area (Å²) in [5, 5.41) is 0.500. The molecule has 0 amide bonds. The van der Waals surface area contributed by atoms with Gasteiger partial charge in [-0.15, -0.1) is 0 Å². The van der Waals surface area contributed by atoms with Crippen molar-refractivity contribution in [3.05, 3.63) is 46.6 Å². The lowest BCUT2D eigenvalue weighted by molar-refractivity contribution is 0.174. The predicted octanol–water partition coefficient (Wildman–Crippen LogP) is 2.54. The normalized spacial score (nSPS) is 12.6. The zero-order chi connectivity index (χ0) is 15.5. The zero-order valence-electron chi connectivity index (χ0n) is 11.5. The summed E-state index contributed by atoms with van der Waals surface area (Å²) in [5.74, 6) is 1.80. The Morgan fingerprint density at radius 1 is 1.18 bits per heavy atom. The fourth-order valence-electron chi connectivity index (χ4n) is 1.99. The second-order valence-corrected chi connectivity index (χ2v) is 4.99. The molecule has 1 aromatic heterocycles. The molecule has 0 spiro atoms. The van der Waals surface area contributed by atoms with E-state index in [0.29, 0.717) is 16.4 Å². The molecule has 1 aliphatic heterocycles. The van der Waals surface area contributed by atoms with Crippen molar-refractivity contribution in [1.82, 2.24) is 4.98 Å². The molecule has 0 saturated heterocycles. The smallest absolute Gasteiger partial charge is 0.231 e. The fourth-order valence-corrected chi connectivity index (χ4v) is 2.16. The Hall–Kier alpha value is -2.73. The molecule has 4 N–H and O–H groups in total. The molecule has 2 aromatic rings. The zero-order valence-corrected chi connectivity index (χ0v) is 12.2. The summed E-state index contributed by atoms with van der Waals surface area (Å²) in [6, 6.07) is 7.40. The van der Waals surface area contributed by atoms with Gasteiger partial charge in [-0.1, -0.05) is 29.8 Å². The number of benzene rings is 1. The topological polar surface area (TPSA) is 95.8 Å². The van der Waals surface area contributed by atoms with Gasteiger partial charge in [0.2, 0.25) is 6.79 Å². The highest BCUT2D eigenvalue weighted by Gasteiger charge is 2.12. The number of ether oxygens (including phenoxy) is 2. The molecule has 112 valence electrons. The van der Waals surface area contributed by atoms with Crippen LogP contribution in [0, 0.1) is 0 Å². The van der Waals surface area contributed by atoms with Crippen molar-refractivity contribution in [2.24, 2.45) is 16.5 Å². The van der Waals surface area contributed by atoms with Crippen molar-refractivity contribution in [1.29, 1.82) is 0 Å². The van der Waals surface area contributed by atoms with Gasteiger partial charge >= 0.3 is 0 Å². The van der Waals surface area contributed by atoms with Crippen LogP contribution >= 0.6 is 11.6 Å². The van der Waals surface area contributed by atoms with Gasteiger partial charge in [-0.25, -0.2) is 4.98 Å². The maximum absolute atomic E-state index is 5.97. The van der Waals surface area contributed by atoms with Crippen molar-refractivity contribution in [3.63, 3.8) is 0 Å². The Morgan fingerprint density at radius 3 is 2.82 bits per heavy atom. The predicted molar refractivity (Wildman–Crippen MR) is 86.2 cm³/mol. The van der Waals surface area contributed by atoms with Crippen molar-refractivity contribution in [2.75, 3.05) is 6.79 Å². The van der Waals surface area contributed by atoms with Gasteiger partial charge in [0, 0.05) is 11.8 Å². The fraction of sp³-hybridized carbons (Fsp3) is 0.0667. The van der Waals surface area contributed by atoms with Crippen LogP contribution in [0.1, 0.15) is 11.1 Å². The lowest BCUT2D eigenvalue weighted by Crippen LogP contribution is -2.22.